The summed E-state index contributed by atoms with van der Waals surface area (Å²) in [4.78, 5) is 0. The second kappa shape index (κ2) is 6.26. The van der Waals surface area contributed by atoms with Gasteiger partial charge in [0.1, 0.15) is 5.82 Å². The second-order valence-electron chi connectivity index (χ2n) is 3.26. The number of halogens is 3. The maximum Gasteiger partial charge on any atom is 0.130 e. The minimum atomic E-state index is -0.316. The zero-order chi connectivity index (χ0) is 10.7. The van der Waals surface area contributed by atoms with Gasteiger partial charge in [0, 0.05) is 16.1 Å². The lowest BCUT2D eigenvalue weighted by Gasteiger charge is -2.12. The van der Waals surface area contributed by atoms with Gasteiger partial charge >= 0.3 is 0 Å². The van der Waals surface area contributed by atoms with Crippen LogP contribution in [0, 0.1) is 12.7 Å². The Bertz CT molecular complexity index is 355. The largest absolute Gasteiger partial charge is 0.324 e. The number of benzene rings is 1. The third-order valence-electron chi connectivity index (χ3n) is 2.07. The van der Waals surface area contributed by atoms with Crippen molar-refractivity contribution in [3.05, 3.63) is 46.2 Å². The fraction of sp³-hybridized carbons (Fsp3) is 0.273. The molecule has 0 bridgehead atoms. The molecule has 4 heteroatoms. The van der Waals surface area contributed by atoms with Crippen LogP contribution in [0.3, 0.4) is 0 Å². The van der Waals surface area contributed by atoms with Crippen molar-refractivity contribution < 1.29 is 4.39 Å². The summed E-state index contributed by atoms with van der Waals surface area (Å²) in [5.74, 6) is -0.220. The third kappa shape index (κ3) is 3.59. The number of nitrogens with two attached hydrogens (primary N) is 1. The zero-order valence-corrected chi connectivity index (χ0v) is 10.9. The maximum absolute atomic E-state index is 13.6. The van der Waals surface area contributed by atoms with Gasteiger partial charge in [-0.2, -0.15) is 0 Å². The Morgan fingerprint density at radius 3 is 2.73 bits per heavy atom. The molecule has 0 aliphatic carbocycles. The van der Waals surface area contributed by atoms with Gasteiger partial charge < -0.3 is 5.73 Å². The lowest BCUT2D eigenvalue weighted by Crippen LogP contribution is -2.11. The summed E-state index contributed by atoms with van der Waals surface area (Å²) < 4.78 is 14.5. The first kappa shape index (κ1) is 14.6. The summed E-state index contributed by atoms with van der Waals surface area (Å²) in [6.07, 6.45) is 2.27. The quantitative estimate of drug-likeness (QED) is 0.841. The molecular formula is C11H14BrClFN. The van der Waals surface area contributed by atoms with Gasteiger partial charge in [0.05, 0.1) is 0 Å². The van der Waals surface area contributed by atoms with Crippen LogP contribution < -0.4 is 5.73 Å². The molecule has 0 aromatic heterocycles. The molecule has 0 amide bonds. The summed E-state index contributed by atoms with van der Waals surface area (Å²) in [6.45, 7) is 5.31. The molecule has 0 saturated heterocycles. The Morgan fingerprint density at radius 1 is 1.60 bits per heavy atom. The van der Waals surface area contributed by atoms with E-state index in [1.807, 2.05) is 0 Å². The molecule has 84 valence electrons. The van der Waals surface area contributed by atoms with Crippen molar-refractivity contribution in [2.24, 2.45) is 5.73 Å². The van der Waals surface area contributed by atoms with Gasteiger partial charge in [0.2, 0.25) is 0 Å². The summed E-state index contributed by atoms with van der Waals surface area (Å²) in [6, 6.07) is 3.14. The Balaban J connectivity index is 0.00000196. The molecule has 0 aliphatic heterocycles. The van der Waals surface area contributed by atoms with Crippen LogP contribution in [-0.4, -0.2) is 0 Å². The lowest BCUT2D eigenvalue weighted by atomic mass is 10.0. The van der Waals surface area contributed by atoms with Gasteiger partial charge in [-0.3, -0.25) is 0 Å². The second-order valence-corrected chi connectivity index (χ2v) is 4.17. The zero-order valence-electron chi connectivity index (χ0n) is 8.47. The molecule has 0 radical (unpaired) electrons. The molecule has 0 saturated carbocycles. The van der Waals surface area contributed by atoms with Gasteiger partial charge in [-0.15, -0.1) is 19.0 Å². The highest BCUT2D eigenvalue weighted by Crippen LogP contribution is 2.25. The Morgan fingerprint density at radius 2 is 2.20 bits per heavy atom. The van der Waals surface area contributed by atoms with E-state index < -0.39 is 0 Å². The van der Waals surface area contributed by atoms with Crippen molar-refractivity contribution in [2.75, 3.05) is 0 Å². The number of hydrogen-bond donors (Lipinski definition) is 1. The first-order valence-electron chi connectivity index (χ1n) is 4.38. The van der Waals surface area contributed by atoms with Gasteiger partial charge in [0.15, 0.2) is 0 Å². The van der Waals surface area contributed by atoms with Crippen LogP contribution in [0.5, 0.6) is 0 Å². The van der Waals surface area contributed by atoms with E-state index in [1.165, 1.54) is 0 Å². The van der Waals surface area contributed by atoms with Crippen LogP contribution in [-0.2, 0) is 0 Å². The molecular weight excluding hydrogens is 280 g/mol. The van der Waals surface area contributed by atoms with Crippen LogP contribution in [0.25, 0.3) is 0 Å². The van der Waals surface area contributed by atoms with Crippen molar-refractivity contribution in [1.82, 2.24) is 0 Å². The molecule has 1 atom stereocenters. The van der Waals surface area contributed by atoms with E-state index in [1.54, 1.807) is 25.1 Å². The minimum absolute atomic E-state index is 0. The molecule has 1 aromatic carbocycles. The molecule has 0 fully saturated rings. The molecule has 0 unspecified atom stereocenters. The third-order valence-corrected chi connectivity index (χ3v) is 2.53. The van der Waals surface area contributed by atoms with Crippen LogP contribution >= 0.6 is 28.3 Å². The van der Waals surface area contributed by atoms with Crippen LogP contribution in [0.15, 0.2) is 29.3 Å². The van der Waals surface area contributed by atoms with Crippen molar-refractivity contribution in [2.45, 2.75) is 19.4 Å². The van der Waals surface area contributed by atoms with Gasteiger partial charge in [-0.05, 0) is 31.0 Å². The van der Waals surface area contributed by atoms with Crippen molar-refractivity contribution >= 4 is 28.3 Å². The molecule has 1 aromatic rings. The standard InChI is InChI=1S/C11H13BrFN.ClH/c1-3-4-10(14)9-6-8(12)5-7(2)11(9)13;/h3,5-6,10H,1,4,14H2,2H3;1H/t10-;/m0./s1. The van der Waals surface area contributed by atoms with Gasteiger partial charge in [-0.1, -0.05) is 22.0 Å². The Hall–Kier alpha value is -0.380. The Kier molecular flexibility index (Phi) is 6.10. The smallest absolute Gasteiger partial charge is 0.130 e. The SMILES string of the molecule is C=CC[C@H](N)c1cc(Br)cc(C)c1F.Cl. The highest BCUT2D eigenvalue weighted by atomic mass is 79.9. The van der Waals surface area contributed by atoms with Crippen molar-refractivity contribution in [3.63, 3.8) is 0 Å². The first-order chi connectivity index (χ1) is 6.56. The fourth-order valence-corrected chi connectivity index (χ4v) is 1.92. The van der Waals surface area contributed by atoms with Crippen LogP contribution in [0.2, 0.25) is 0 Å². The summed E-state index contributed by atoms with van der Waals surface area (Å²) in [5.41, 5.74) is 6.96. The molecule has 0 heterocycles. The molecule has 15 heavy (non-hydrogen) atoms. The highest BCUT2D eigenvalue weighted by Gasteiger charge is 2.12. The van der Waals surface area contributed by atoms with E-state index in [4.69, 9.17) is 5.73 Å². The summed E-state index contributed by atoms with van der Waals surface area (Å²) >= 11 is 3.32. The van der Waals surface area contributed by atoms with Crippen molar-refractivity contribution in [3.8, 4) is 0 Å². The summed E-state index contributed by atoms with van der Waals surface area (Å²) in [5, 5.41) is 0. The van der Waals surface area contributed by atoms with Crippen molar-refractivity contribution in [1.29, 1.82) is 0 Å². The normalized spacial score (nSPS) is 11.7. The highest BCUT2D eigenvalue weighted by molar-refractivity contribution is 9.10. The van der Waals surface area contributed by atoms with Gasteiger partial charge in [0.25, 0.3) is 0 Å². The fourth-order valence-electron chi connectivity index (χ4n) is 1.33. The summed E-state index contributed by atoms with van der Waals surface area (Å²) in [7, 11) is 0. The first-order valence-corrected chi connectivity index (χ1v) is 5.17. The molecule has 0 spiro atoms. The topological polar surface area (TPSA) is 26.0 Å². The van der Waals surface area contributed by atoms with E-state index in [0.29, 0.717) is 17.5 Å². The monoisotopic (exact) mass is 293 g/mol. The predicted molar refractivity (Wildman–Crippen MR) is 67.8 cm³/mol. The molecule has 2 N–H and O–H groups in total. The van der Waals surface area contributed by atoms with Gasteiger partial charge in [-0.25, -0.2) is 4.39 Å². The van der Waals surface area contributed by atoms with Crippen LogP contribution in [0.1, 0.15) is 23.6 Å². The average Bonchev–Trinajstić information content (AvgIpc) is 2.11. The van der Waals surface area contributed by atoms with Crippen LogP contribution in [0.4, 0.5) is 4.39 Å². The lowest BCUT2D eigenvalue weighted by molar-refractivity contribution is 0.575. The number of rotatable bonds is 3. The minimum Gasteiger partial charge on any atom is -0.324 e. The van der Waals surface area contributed by atoms with E-state index in [2.05, 4.69) is 22.5 Å². The Labute approximate surface area is 104 Å². The average molecular weight is 295 g/mol. The van der Waals surface area contributed by atoms with E-state index in [0.717, 1.165) is 4.47 Å². The number of hydrogen-bond acceptors (Lipinski definition) is 1. The van der Waals surface area contributed by atoms with E-state index in [-0.39, 0.29) is 24.3 Å². The molecule has 0 aliphatic rings. The molecule has 1 rings (SSSR count). The van der Waals surface area contributed by atoms with E-state index >= 15 is 0 Å². The molecule has 1 nitrogen and oxygen atoms in total. The number of aryl methyl sites for hydroxylation is 1. The maximum atomic E-state index is 13.6. The predicted octanol–water partition coefficient (Wildman–Crippen LogP) is 3.89. The van der Waals surface area contributed by atoms with E-state index in [9.17, 15) is 4.39 Å².